The zero-order valence-electron chi connectivity index (χ0n) is 16.8. The van der Waals surface area contributed by atoms with Crippen molar-refractivity contribution in [1.29, 1.82) is 0 Å². The van der Waals surface area contributed by atoms with E-state index < -0.39 is 0 Å². The third kappa shape index (κ3) is 5.40. The van der Waals surface area contributed by atoms with E-state index in [1.807, 2.05) is 18.2 Å². The van der Waals surface area contributed by atoms with Crippen LogP contribution in [0.4, 0.5) is 0 Å². The smallest absolute Gasteiger partial charge is 0.250 e. The largest absolute Gasteiger partial charge is 0.317 e. The van der Waals surface area contributed by atoms with Crippen LogP contribution in [0.5, 0.6) is 0 Å². The van der Waals surface area contributed by atoms with Crippen LogP contribution in [0.2, 0.25) is 0 Å². The number of carbonyl (C=O) groups excluding carboxylic acids is 1. The second-order valence-electron chi connectivity index (χ2n) is 6.84. The zero-order chi connectivity index (χ0) is 20.8. The van der Waals surface area contributed by atoms with Crippen molar-refractivity contribution >= 4 is 39.8 Å². The molecule has 1 amide bonds. The number of aromatic nitrogens is 1. The van der Waals surface area contributed by atoms with E-state index in [9.17, 15) is 4.79 Å². The summed E-state index contributed by atoms with van der Waals surface area (Å²) in [5, 5.41) is 4.17. The molecule has 0 aliphatic rings. The van der Waals surface area contributed by atoms with Crippen LogP contribution in [-0.2, 0) is 10.5 Å². The van der Waals surface area contributed by atoms with E-state index in [2.05, 4.69) is 88.2 Å². The lowest BCUT2D eigenvalue weighted by Crippen LogP contribution is -2.19. The Hall–Kier alpha value is -2.31. The van der Waals surface area contributed by atoms with Crippen molar-refractivity contribution in [1.82, 2.24) is 9.99 Å². The molecule has 29 heavy (non-hydrogen) atoms. The summed E-state index contributed by atoms with van der Waals surface area (Å²) in [5.41, 5.74) is 9.28. The standard InChI is InChI=1S/C23H24BrN3OS/c1-16-8-7-11-20(12-16)27-17(2)21(23(24)18(27)3)13-25-26-22(28)15-29-14-19-9-5-4-6-10-19/h4-13H,14-15H2,1-3H3,(H,26,28)/b25-13-. The average Bonchev–Trinajstić information content (AvgIpc) is 2.92. The lowest BCUT2D eigenvalue weighted by atomic mass is 10.2. The first kappa shape index (κ1) is 21.4. The summed E-state index contributed by atoms with van der Waals surface area (Å²) in [6.45, 7) is 6.20. The number of hydrogen-bond acceptors (Lipinski definition) is 3. The van der Waals surface area contributed by atoms with Crippen LogP contribution in [0.3, 0.4) is 0 Å². The highest BCUT2D eigenvalue weighted by atomic mass is 79.9. The number of rotatable bonds is 7. The van der Waals surface area contributed by atoms with Gasteiger partial charge >= 0.3 is 0 Å². The number of benzene rings is 2. The van der Waals surface area contributed by atoms with Gasteiger partial charge in [0.2, 0.25) is 5.91 Å². The summed E-state index contributed by atoms with van der Waals surface area (Å²) in [6, 6.07) is 18.5. The first-order chi connectivity index (χ1) is 14.0. The molecule has 6 heteroatoms. The van der Waals surface area contributed by atoms with Gasteiger partial charge in [0.05, 0.1) is 12.0 Å². The fourth-order valence-corrected chi connectivity index (χ4v) is 4.51. The maximum atomic E-state index is 12.1. The average molecular weight is 470 g/mol. The minimum atomic E-state index is -0.106. The van der Waals surface area contributed by atoms with Crippen molar-refractivity contribution in [2.45, 2.75) is 26.5 Å². The van der Waals surface area contributed by atoms with E-state index >= 15 is 0 Å². The number of thioether (sulfide) groups is 1. The Labute approximate surface area is 184 Å². The topological polar surface area (TPSA) is 46.4 Å². The van der Waals surface area contributed by atoms with Crippen LogP contribution in [-0.4, -0.2) is 22.4 Å². The Morgan fingerprint density at radius 1 is 1.10 bits per heavy atom. The minimum absolute atomic E-state index is 0.106. The van der Waals surface area contributed by atoms with Gasteiger partial charge in [-0.15, -0.1) is 11.8 Å². The predicted molar refractivity (Wildman–Crippen MR) is 126 cm³/mol. The van der Waals surface area contributed by atoms with Gasteiger partial charge in [-0.05, 0) is 60.0 Å². The number of amides is 1. The van der Waals surface area contributed by atoms with Crippen LogP contribution in [0, 0.1) is 20.8 Å². The third-order valence-electron chi connectivity index (χ3n) is 4.60. The van der Waals surface area contributed by atoms with Crippen molar-refractivity contribution in [3.63, 3.8) is 0 Å². The van der Waals surface area contributed by atoms with Crippen molar-refractivity contribution < 1.29 is 4.79 Å². The SMILES string of the molecule is Cc1cccc(-n2c(C)c(Br)c(/C=N\NC(=O)CSCc3ccccc3)c2C)c1. The summed E-state index contributed by atoms with van der Waals surface area (Å²) >= 11 is 5.25. The number of nitrogens with one attached hydrogen (secondary N) is 1. The summed E-state index contributed by atoms with van der Waals surface area (Å²) in [5.74, 6) is 1.07. The number of hydrazone groups is 1. The quantitative estimate of drug-likeness (QED) is 0.364. The molecule has 3 rings (SSSR count). The molecule has 4 nitrogen and oxygen atoms in total. The molecule has 0 fully saturated rings. The molecule has 0 spiro atoms. The molecule has 0 saturated carbocycles. The Kier molecular flexibility index (Phi) is 7.34. The summed E-state index contributed by atoms with van der Waals surface area (Å²) in [7, 11) is 0. The van der Waals surface area contributed by atoms with E-state index in [4.69, 9.17) is 0 Å². The van der Waals surface area contributed by atoms with Gasteiger partial charge in [0.1, 0.15) is 0 Å². The van der Waals surface area contributed by atoms with Gasteiger partial charge in [-0.25, -0.2) is 5.43 Å². The number of halogens is 1. The molecular formula is C23H24BrN3OS. The predicted octanol–water partition coefficient (Wildman–Crippen LogP) is 5.55. The van der Waals surface area contributed by atoms with Gasteiger partial charge in [-0.2, -0.15) is 5.10 Å². The molecule has 1 heterocycles. The van der Waals surface area contributed by atoms with Gasteiger partial charge < -0.3 is 4.57 Å². The molecule has 0 aliphatic heterocycles. The Morgan fingerprint density at radius 3 is 2.59 bits per heavy atom. The molecule has 0 unspecified atom stereocenters. The normalized spacial score (nSPS) is 11.2. The number of carbonyl (C=O) groups is 1. The van der Waals surface area contributed by atoms with Gasteiger partial charge in [-0.1, -0.05) is 42.5 Å². The molecular weight excluding hydrogens is 446 g/mol. The fraction of sp³-hybridized carbons (Fsp3) is 0.217. The molecule has 150 valence electrons. The summed E-state index contributed by atoms with van der Waals surface area (Å²) < 4.78 is 3.17. The Bertz CT molecular complexity index is 1030. The highest BCUT2D eigenvalue weighted by Gasteiger charge is 2.15. The zero-order valence-corrected chi connectivity index (χ0v) is 19.2. The maximum absolute atomic E-state index is 12.1. The summed E-state index contributed by atoms with van der Waals surface area (Å²) in [6.07, 6.45) is 1.71. The maximum Gasteiger partial charge on any atom is 0.250 e. The number of nitrogens with zero attached hydrogens (tertiary/aromatic N) is 2. The second kappa shape index (κ2) is 9.94. The molecule has 2 aromatic carbocycles. The van der Waals surface area contributed by atoms with Crippen molar-refractivity contribution in [3.05, 3.63) is 87.1 Å². The molecule has 1 N–H and O–H groups in total. The molecule has 3 aromatic rings. The lowest BCUT2D eigenvalue weighted by Gasteiger charge is -2.10. The van der Waals surface area contributed by atoms with E-state index in [1.165, 1.54) is 11.1 Å². The molecule has 0 aliphatic carbocycles. The van der Waals surface area contributed by atoms with Gasteiger partial charge in [0, 0.05) is 32.9 Å². The molecule has 0 radical (unpaired) electrons. The monoisotopic (exact) mass is 469 g/mol. The Morgan fingerprint density at radius 2 is 1.86 bits per heavy atom. The van der Waals surface area contributed by atoms with Crippen molar-refractivity contribution in [3.8, 4) is 5.69 Å². The molecule has 0 bridgehead atoms. The van der Waals surface area contributed by atoms with Crippen molar-refractivity contribution in [2.24, 2.45) is 5.10 Å². The fourth-order valence-electron chi connectivity index (χ4n) is 3.17. The van der Waals surface area contributed by atoms with Gasteiger partial charge in [0.15, 0.2) is 0 Å². The van der Waals surface area contributed by atoms with Gasteiger partial charge in [0.25, 0.3) is 0 Å². The third-order valence-corrected chi connectivity index (χ3v) is 6.61. The highest BCUT2D eigenvalue weighted by Crippen LogP contribution is 2.29. The highest BCUT2D eigenvalue weighted by molar-refractivity contribution is 9.10. The molecule has 1 aromatic heterocycles. The van der Waals surface area contributed by atoms with E-state index in [-0.39, 0.29) is 5.91 Å². The van der Waals surface area contributed by atoms with Crippen molar-refractivity contribution in [2.75, 3.05) is 5.75 Å². The van der Waals surface area contributed by atoms with Crippen LogP contribution in [0.25, 0.3) is 5.69 Å². The first-order valence-electron chi connectivity index (χ1n) is 9.35. The minimum Gasteiger partial charge on any atom is -0.317 e. The van der Waals surface area contributed by atoms with Crippen LogP contribution >= 0.6 is 27.7 Å². The molecule has 0 saturated heterocycles. The lowest BCUT2D eigenvalue weighted by molar-refractivity contribution is -0.118. The van der Waals surface area contributed by atoms with E-state index in [1.54, 1.807) is 18.0 Å². The molecule has 0 atom stereocenters. The van der Waals surface area contributed by atoms with E-state index in [0.29, 0.717) is 5.75 Å². The Balaban J connectivity index is 1.63. The second-order valence-corrected chi connectivity index (χ2v) is 8.62. The van der Waals surface area contributed by atoms with Crippen LogP contribution in [0.1, 0.15) is 28.1 Å². The van der Waals surface area contributed by atoms with Crippen LogP contribution < -0.4 is 5.43 Å². The van der Waals surface area contributed by atoms with Gasteiger partial charge in [-0.3, -0.25) is 4.79 Å². The van der Waals surface area contributed by atoms with Crippen LogP contribution in [0.15, 0.2) is 64.2 Å². The first-order valence-corrected chi connectivity index (χ1v) is 11.3. The summed E-state index contributed by atoms with van der Waals surface area (Å²) in [4.78, 5) is 12.1. The number of aryl methyl sites for hydroxylation is 1. The number of hydrogen-bond donors (Lipinski definition) is 1. The van der Waals surface area contributed by atoms with E-state index in [0.717, 1.165) is 32.9 Å².